The van der Waals surface area contributed by atoms with Gasteiger partial charge in [-0.1, -0.05) is 94.0 Å². The Morgan fingerprint density at radius 2 is 1.00 bits per heavy atom. The summed E-state index contributed by atoms with van der Waals surface area (Å²) in [6.07, 6.45) is 15.7. The van der Waals surface area contributed by atoms with Gasteiger partial charge < -0.3 is 5.11 Å². The molecule has 0 bridgehead atoms. The smallest absolute Gasteiger partial charge is 0.303 e. The highest BCUT2D eigenvalue weighted by Gasteiger charge is 1.96. The fraction of sp³-hybridized carbons (Fsp3) is 0.941. The van der Waals surface area contributed by atoms with Crippen LogP contribution in [0, 0.1) is 0 Å². The molecule has 0 aliphatic heterocycles. The van der Waals surface area contributed by atoms with Crippen molar-refractivity contribution in [3.8, 4) is 0 Å². The molecule has 0 aromatic heterocycles. The molecule has 0 radical (unpaired) electrons. The van der Waals surface area contributed by atoms with Gasteiger partial charge in [0.25, 0.3) is 0 Å². The lowest BCUT2D eigenvalue weighted by atomic mass is 10.0. The second-order valence-electron chi connectivity index (χ2n) is 5.08. The monoisotopic (exact) mass is 350 g/mol. The van der Waals surface area contributed by atoms with Crippen LogP contribution in [0.4, 0.5) is 0 Å². The normalized spacial score (nSPS) is 9.95. The van der Waals surface area contributed by atoms with Crippen LogP contribution >= 0.6 is 15.9 Å². The average molecular weight is 351 g/mol. The first-order valence-electron chi connectivity index (χ1n) is 8.55. The van der Waals surface area contributed by atoms with Crippen LogP contribution in [-0.4, -0.2) is 16.4 Å². The summed E-state index contributed by atoms with van der Waals surface area (Å²) in [5, 5.41) is 9.64. The van der Waals surface area contributed by atoms with E-state index in [4.69, 9.17) is 5.11 Å². The molecule has 0 heterocycles. The van der Waals surface area contributed by atoms with Crippen molar-refractivity contribution in [1.29, 1.82) is 0 Å². The van der Waals surface area contributed by atoms with E-state index in [2.05, 4.69) is 15.9 Å². The predicted molar refractivity (Wildman–Crippen MR) is 92.8 cm³/mol. The summed E-state index contributed by atoms with van der Waals surface area (Å²) in [4.78, 5) is 10.3. The van der Waals surface area contributed by atoms with E-state index in [0.29, 0.717) is 6.42 Å². The Labute approximate surface area is 134 Å². The molecule has 0 saturated heterocycles. The van der Waals surface area contributed by atoms with Crippen molar-refractivity contribution in [2.45, 2.75) is 97.3 Å². The molecule has 0 aliphatic rings. The number of rotatable bonds is 14. The Bertz CT molecular complexity index is 184. The maximum atomic E-state index is 10.3. The number of halogens is 1. The first kappa shape index (κ1) is 22.2. The van der Waals surface area contributed by atoms with Crippen molar-refractivity contribution in [2.24, 2.45) is 0 Å². The highest BCUT2D eigenvalue weighted by molar-refractivity contribution is 9.09. The molecule has 0 aliphatic carbocycles. The molecule has 3 heteroatoms. The first-order chi connectivity index (χ1) is 9.77. The molecule has 0 unspecified atom stereocenters. The lowest BCUT2D eigenvalue weighted by molar-refractivity contribution is -0.137. The van der Waals surface area contributed by atoms with Gasteiger partial charge in [0, 0.05) is 11.8 Å². The van der Waals surface area contributed by atoms with Crippen LogP contribution in [0.15, 0.2) is 0 Å². The molecule has 20 heavy (non-hydrogen) atoms. The number of alkyl halides is 1. The highest BCUT2D eigenvalue weighted by atomic mass is 79.9. The predicted octanol–water partition coefficient (Wildman–Crippen LogP) is 6.56. The van der Waals surface area contributed by atoms with E-state index in [1.807, 2.05) is 13.8 Å². The lowest BCUT2D eigenvalue weighted by Gasteiger charge is -2.02. The van der Waals surface area contributed by atoms with E-state index in [0.717, 1.165) is 18.2 Å². The van der Waals surface area contributed by atoms with Crippen LogP contribution in [0.3, 0.4) is 0 Å². The Hall–Kier alpha value is -0.0500. The molecule has 0 rings (SSSR count). The van der Waals surface area contributed by atoms with Crippen molar-refractivity contribution >= 4 is 21.9 Å². The number of carboxylic acid groups (broad SMARTS) is 1. The van der Waals surface area contributed by atoms with E-state index in [9.17, 15) is 4.79 Å². The standard InChI is InChI=1S/C15H29BrO2.C2H6/c16-14-12-10-8-6-4-2-1-3-5-7-9-11-13-15(17)18;1-2/h1-14H2,(H,17,18);1-2H3. The molecule has 2 nitrogen and oxygen atoms in total. The molecule has 0 fully saturated rings. The fourth-order valence-corrected chi connectivity index (χ4v) is 2.53. The Balaban J connectivity index is 0. The zero-order valence-electron chi connectivity index (χ0n) is 13.6. The third kappa shape index (κ3) is 23.1. The van der Waals surface area contributed by atoms with Crippen molar-refractivity contribution in [3.63, 3.8) is 0 Å². The van der Waals surface area contributed by atoms with Crippen molar-refractivity contribution in [3.05, 3.63) is 0 Å². The quantitative estimate of drug-likeness (QED) is 0.284. The number of hydrogen-bond acceptors (Lipinski definition) is 1. The summed E-state index contributed by atoms with van der Waals surface area (Å²) in [5.41, 5.74) is 0. The van der Waals surface area contributed by atoms with Gasteiger partial charge in [-0.25, -0.2) is 0 Å². The van der Waals surface area contributed by atoms with Crippen molar-refractivity contribution < 1.29 is 9.90 Å². The number of aliphatic carboxylic acids is 1. The van der Waals surface area contributed by atoms with Gasteiger partial charge in [-0.2, -0.15) is 0 Å². The molecule has 0 amide bonds. The number of unbranched alkanes of at least 4 members (excludes halogenated alkanes) is 11. The zero-order valence-corrected chi connectivity index (χ0v) is 15.2. The van der Waals surface area contributed by atoms with E-state index in [1.54, 1.807) is 0 Å². The second-order valence-corrected chi connectivity index (χ2v) is 5.87. The van der Waals surface area contributed by atoms with E-state index in [-0.39, 0.29) is 0 Å². The molecule has 0 saturated carbocycles. The molecular formula is C17H35BrO2. The first-order valence-corrected chi connectivity index (χ1v) is 9.67. The molecule has 0 aromatic carbocycles. The average Bonchev–Trinajstić information content (AvgIpc) is 2.46. The van der Waals surface area contributed by atoms with Gasteiger partial charge >= 0.3 is 5.97 Å². The summed E-state index contributed by atoms with van der Waals surface area (Å²) in [7, 11) is 0. The van der Waals surface area contributed by atoms with Gasteiger partial charge in [0.1, 0.15) is 0 Å². The van der Waals surface area contributed by atoms with Crippen molar-refractivity contribution in [2.75, 3.05) is 5.33 Å². The van der Waals surface area contributed by atoms with Crippen LogP contribution in [0.1, 0.15) is 97.3 Å². The lowest BCUT2D eigenvalue weighted by Crippen LogP contribution is -1.93. The second kappa shape index (κ2) is 21.3. The van der Waals surface area contributed by atoms with Crippen molar-refractivity contribution in [1.82, 2.24) is 0 Å². The molecule has 0 spiro atoms. The van der Waals surface area contributed by atoms with Crippen LogP contribution < -0.4 is 0 Å². The number of hydrogen-bond donors (Lipinski definition) is 1. The van der Waals surface area contributed by atoms with Crippen LogP contribution in [0.25, 0.3) is 0 Å². The van der Waals surface area contributed by atoms with E-state index < -0.39 is 5.97 Å². The van der Waals surface area contributed by atoms with E-state index >= 15 is 0 Å². The SMILES string of the molecule is CC.O=C(O)CCCCCCCCCCCCCCBr. The fourth-order valence-electron chi connectivity index (χ4n) is 2.14. The summed E-state index contributed by atoms with van der Waals surface area (Å²) in [6, 6.07) is 0. The van der Waals surface area contributed by atoms with Gasteiger partial charge in [-0.05, 0) is 12.8 Å². The third-order valence-corrected chi connectivity index (χ3v) is 3.84. The van der Waals surface area contributed by atoms with Gasteiger partial charge in [0.2, 0.25) is 0 Å². The van der Waals surface area contributed by atoms with E-state index in [1.165, 1.54) is 64.2 Å². The third-order valence-electron chi connectivity index (χ3n) is 3.27. The van der Waals surface area contributed by atoms with Gasteiger partial charge in [-0.15, -0.1) is 0 Å². The number of carbonyl (C=O) groups is 1. The maximum Gasteiger partial charge on any atom is 0.303 e. The van der Waals surface area contributed by atoms with Gasteiger partial charge in [0.05, 0.1) is 0 Å². The Morgan fingerprint density at radius 1 is 0.700 bits per heavy atom. The number of carboxylic acids is 1. The topological polar surface area (TPSA) is 37.3 Å². The summed E-state index contributed by atoms with van der Waals surface area (Å²) < 4.78 is 0. The van der Waals surface area contributed by atoms with Gasteiger partial charge in [0.15, 0.2) is 0 Å². The Kier molecular flexibility index (Phi) is 23.6. The summed E-state index contributed by atoms with van der Waals surface area (Å²) in [5.74, 6) is -0.657. The zero-order chi connectivity index (χ0) is 15.5. The minimum Gasteiger partial charge on any atom is -0.481 e. The largest absolute Gasteiger partial charge is 0.481 e. The molecule has 122 valence electrons. The highest BCUT2D eigenvalue weighted by Crippen LogP contribution is 2.12. The summed E-state index contributed by atoms with van der Waals surface area (Å²) in [6.45, 7) is 4.00. The molecular weight excluding hydrogens is 316 g/mol. The molecule has 1 N–H and O–H groups in total. The van der Waals surface area contributed by atoms with Crippen LogP contribution in [0.2, 0.25) is 0 Å². The van der Waals surface area contributed by atoms with Crippen LogP contribution in [-0.2, 0) is 4.79 Å². The minimum absolute atomic E-state index is 0.342. The van der Waals surface area contributed by atoms with Gasteiger partial charge in [-0.3, -0.25) is 4.79 Å². The Morgan fingerprint density at radius 3 is 1.30 bits per heavy atom. The summed E-state index contributed by atoms with van der Waals surface area (Å²) >= 11 is 3.45. The van der Waals surface area contributed by atoms with Crippen LogP contribution in [0.5, 0.6) is 0 Å². The molecule has 0 atom stereocenters. The maximum absolute atomic E-state index is 10.3. The minimum atomic E-state index is -0.657. The molecule has 0 aromatic rings.